The highest BCUT2D eigenvalue weighted by Gasteiger charge is 2.06. The van der Waals surface area contributed by atoms with Crippen LogP contribution in [0.15, 0.2) is 66.9 Å². The number of nitrogens with one attached hydrogen (secondary N) is 2. The van der Waals surface area contributed by atoms with Gasteiger partial charge in [0.2, 0.25) is 0 Å². The van der Waals surface area contributed by atoms with Gasteiger partial charge in [0, 0.05) is 18.4 Å². The summed E-state index contributed by atoms with van der Waals surface area (Å²) in [5.74, 6) is 0.739. The number of nitrogens with zero attached hydrogens (tertiary/aromatic N) is 2. The molecule has 3 aromatic rings. The van der Waals surface area contributed by atoms with Gasteiger partial charge in [-0.15, -0.1) is 0 Å². The Hall–Kier alpha value is -3.85. The molecule has 140 valence electrons. The summed E-state index contributed by atoms with van der Waals surface area (Å²) < 4.78 is 5.70. The van der Waals surface area contributed by atoms with Gasteiger partial charge in [0.05, 0.1) is 17.3 Å². The Morgan fingerprint density at radius 2 is 1.96 bits per heavy atom. The lowest BCUT2D eigenvalue weighted by Crippen LogP contribution is -2.28. The SMILES string of the molecule is Cc1ccc(C#N)cc1NC(=O)NCc1ccc(OCc2ccccn2)cc1. The normalized spacial score (nSPS) is 10.0. The molecule has 0 spiro atoms. The number of hydrogen-bond donors (Lipinski definition) is 2. The quantitative estimate of drug-likeness (QED) is 0.680. The van der Waals surface area contributed by atoms with E-state index in [2.05, 4.69) is 21.7 Å². The van der Waals surface area contributed by atoms with Crippen LogP contribution >= 0.6 is 0 Å². The highest BCUT2D eigenvalue weighted by molar-refractivity contribution is 5.90. The van der Waals surface area contributed by atoms with Gasteiger partial charge in [-0.25, -0.2) is 4.79 Å². The van der Waals surface area contributed by atoms with Gasteiger partial charge in [-0.3, -0.25) is 4.98 Å². The van der Waals surface area contributed by atoms with Crippen molar-refractivity contribution in [2.45, 2.75) is 20.1 Å². The van der Waals surface area contributed by atoms with Crippen molar-refractivity contribution in [3.63, 3.8) is 0 Å². The summed E-state index contributed by atoms with van der Waals surface area (Å²) in [6, 6.07) is 20.1. The first-order valence-electron chi connectivity index (χ1n) is 8.81. The second-order valence-corrected chi connectivity index (χ2v) is 6.20. The minimum absolute atomic E-state index is 0.325. The van der Waals surface area contributed by atoms with Crippen LogP contribution in [0.25, 0.3) is 0 Å². The van der Waals surface area contributed by atoms with Gasteiger partial charge in [0.25, 0.3) is 0 Å². The molecule has 0 radical (unpaired) electrons. The number of amides is 2. The van der Waals surface area contributed by atoms with Crippen molar-refractivity contribution in [2.24, 2.45) is 0 Å². The summed E-state index contributed by atoms with van der Waals surface area (Å²) in [6.07, 6.45) is 1.73. The molecule has 0 aliphatic carbocycles. The van der Waals surface area contributed by atoms with Crippen molar-refractivity contribution < 1.29 is 9.53 Å². The molecule has 0 unspecified atom stereocenters. The molecule has 0 aliphatic heterocycles. The van der Waals surface area contributed by atoms with Crippen molar-refractivity contribution >= 4 is 11.7 Å². The number of carbonyl (C=O) groups is 1. The zero-order chi connectivity index (χ0) is 19.8. The van der Waals surface area contributed by atoms with Crippen LogP contribution in [0.2, 0.25) is 0 Å². The molecule has 0 bridgehead atoms. The standard InChI is InChI=1S/C22H20N4O2/c1-16-5-6-18(13-23)12-21(16)26-22(27)25-14-17-7-9-20(10-8-17)28-15-19-4-2-3-11-24-19/h2-12H,14-15H2,1H3,(H2,25,26,27). The first-order chi connectivity index (χ1) is 13.6. The second kappa shape index (κ2) is 9.19. The average Bonchev–Trinajstić information content (AvgIpc) is 2.74. The smallest absolute Gasteiger partial charge is 0.319 e. The van der Waals surface area contributed by atoms with Gasteiger partial charge in [-0.1, -0.05) is 24.3 Å². The predicted octanol–water partition coefficient (Wildman–Crippen LogP) is 4.16. The van der Waals surface area contributed by atoms with Crippen molar-refractivity contribution in [2.75, 3.05) is 5.32 Å². The van der Waals surface area contributed by atoms with Gasteiger partial charge in [-0.2, -0.15) is 5.26 Å². The lowest BCUT2D eigenvalue weighted by molar-refractivity contribution is 0.251. The Morgan fingerprint density at radius 1 is 1.14 bits per heavy atom. The van der Waals surface area contributed by atoms with Crippen LogP contribution in [-0.4, -0.2) is 11.0 Å². The molecule has 0 saturated carbocycles. The molecule has 6 nitrogen and oxygen atoms in total. The first-order valence-corrected chi connectivity index (χ1v) is 8.81. The molecule has 2 aromatic carbocycles. The number of benzene rings is 2. The van der Waals surface area contributed by atoms with Crippen molar-refractivity contribution in [1.29, 1.82) is 5.26 Å². The van der Waals surface area contributed by atoms with E-state index in [-0.39, 0.29) is 6.03 Å². The zero-order valence-electron chi connectivity index (χ0n) is 15.5. The number of carbonyl (C=O) groups excluding carboxylic acids is 1. The number of aromatic nitrogens is 1. The van der Waals surface area contributed by atoms with E-state index in [9.17, 15) is 4.79 Å². The summed E-state index contributed by atoms with van der Waals surface area (Å²) in [5, 5.41) is 14.6. The molecule has 0 saturated heterocycles. The fourth-order valence-electron chi connectivity index (χ4n) is 2.52. The molecular weight excluding hydrogens is 352 g/mol. The number of rotatable bonds is 6. The van der Waals surface area contributed by atoms with E-state index in [0.29, 0.717) is 24.4 Å². The van der Waals surface area contributed by atoms with Gasteiger partial charge in [0.1, 0.15) is 12.4 Å². The third-order valence-electron chi connectivity index (χ3n) is 4.10. The van der Waals surface area contributed by atoms with Crippen LogP contribution in [0.4, 0.5) is 10.5 Å². The third-order valence-corrected chi connectivity index (χ3v) is 4.10. The summed E-state index contributed by atoms with van der Waals surface area (Å²) in [4.78, 5) is 16.3. The van der Waals surface area contributed by atoms with Gasteiger partial charge >= 0.3 is 6.03 Å². The lowest BCUT2D eigenvalue weighted by atomic mass is 10.1. The number of nitriles is 1. The molecule has 0 atom stereocenters. The Labute approximate surface area is 163 Å². The number of ether oxygens (including phenoxy) is 1. The van der Waals surface area contributed by atoms with Crippen LogP contribution in [0.3, 0.4) is 0 Å². The number of urea groups is 1. The molecule has 1 aromatic heterocycles. The third kappa shape index (κ3) is 5.32. The molecule has 28 heavy (non-hydrogen) atoms. The highest BCUT2D eigenvalue weighted by atomic mass is 16.5. The maximum Gasteiger partial charge on any atom is 0.319 e. The molecule has 0 fully saturated rings. The van der Waals surface area contributed by atoms with E-state index < -0.39 is 0 Å². The molecular formula is C22H20N4O2. The van der Waals surface area contributed by atoms with Crippen molar-refractivity contribution in [3.8, 4) is 11.8 Å². The molecule has 6 heteroatoms. The molecule has 1 heterocycles. The Bertz CT molecular complexity index is 980. The van der Waals surface area contributed by atoms with Crippen LogP contribution in [0.5, 0.6) is 5.75 Å². The van der Waals surface area contributed by atoms with E-state index in [0.717, 1.165) is 22.6 Å². The number of anilines is 1. The van der Waals surface area contributed by atoms with E-state index in [4.69, 9.17) is 10.00 Å². The predicted molar refractivity (Wildman–Crippen MR) is 107 cm³/mol. The van der Waals surface area contributed by atoms with Crippen molar-refractivity contribution in [3.05, 3.63) is 89.2 Å². The minimum atomic E-state index is -0.325. The Balaban J connectivity index is 1.49. The van der Waals surface area contributed by atoms with Crippen molar-refractivity contribution in [1.82, 2.24) is 10.3 Å². The van der Waals surface area contributed by atoms with Gasteiger partial charge in [-0.05, 0) is 54.4 Å². The Kier molecular flexibility index (Phi) is 6.21. The second-order valence-electron chi connectivity index (χ2n) is 6.20. The average molecular weight is 372 g/mol. The topological polar surface area (TPSA) is 87.0 Å². The lowest BCUT2D eigenvalue weighted by Gasteiger charge is -2.11. The molecule has 0 aliphatic rings. The van der Waals surface area contributed by atoms with E-state index in [1.807, 2.05) is 49.4 Å². The molecule has 2 amide bonds. The largest absolute Gasteiger partial charge is 0.487 e. The molecule has 3 rings (SSSR count). The maximum absolute atomic E-state index is 12.1. The van der Waals surface area contributed by atoms with Crippen LogP contribution in [0, 0.1) is 18.3 Å². The Morgan fingerprint density at radius 3 is 2.68 bits per heavy atom. The van der Waals surface area contributed by atoms with Gasteiger partial charge < -0.3 is 15.4 Å². The van der Waals surface area contributed by atoms with Crippen LogP contribution in [-0.2, 0) is 13.2 Å². The van der Waals surface area contributed by atoms with E-state index in [1.54, 1.807) is 24.4 Å². The summed E-state index contributed by atoms with van der Waals surface area (Å²) in [7, 11) is 0. The van der Waals surface area contributed by atoms with Gasteiger partial charge in [0.15, 0.2) is 0 Å². The first kappa shape index (κ1) is 18.9. The number of pyridine rings is 1. The number of hydrogen-bond acceptors (Lipinski definition) is 4. The van der Waals surface area contributed by atoms with E-state index >= 15 is 0 Å². The monoisotopic (exact) mass is 372 g/mol. The zero-order valence-corrected chi connectivity index (χ0v) is 15.5. The van der Waals surface area contributed by atoms with Crippen LogP contribution in [0.1, 0.15) is 22.4 Å². The fraction of sp³-hybridized carbons (Fsp3) is 0.136. The summed E-state index contributed by atoms with van der Waals surface area (Å²) in [6.45, 7) is 2.66. The number of aryl methyl sites for hydroxylation is 1. The van der Waals surface area contributed by atoms with E-state index in [1.165, 1.54) is 0 Å². The molecule has 2 N–H and O–H groups in total. The maximum atomic E-state index is 12.1. The summed E-state index contributed by atoms with van der Waals surface area (Å²) in [5.41, 5.74) is 3.82. The minimum Gasteiger partial charge on any atom is -0.487 e. The highest BCUT2D eigenvalue weighted by Crippen LogP contribution is 2.17. The van der Waals surface area contributed by atoms with Crippen LogP contribution < -0.4 is 15.4 Å². The summed E-state index contributed by atoms with van der Waals surface area (Å²) >= 11 is 0. The fourth-order valence-corrected chi connectivity index (χ4v) is 2.52.